The molecule has 3 N–H and O–H groups in total. The van der Waals surface area contributed by atoms with Gasteiger partial charge >= 0.3 is 5.97 Å². The van der Waals surface area contributed by atoms with Gasteiger partial charge < -0.3 is 15.3 Å². The molecule has 0 heterocycles. The molecule has 0 aromatic heterocycles. The van der Waals surface area contributed by atoms with Gasteiger partial charge in [0, 0.05) is 5.02 Å². The standard InChI is InChI=1S/C11H10ClNO4/c12-8-3-7(11(17)9(14)5-13)2-1-6(8)4-10(15)16/h1-3,9,11,14,17H,4H2,(H,15,16). The molecule has 1 aromatic rings. The first-order valence-electron chi connectivity index (χ1n) is 4.71. The van der Waals surface area contributed by atoms with E-state index >= 15 is 0 Å². The number of aliphatic hydroxyl groups is 2. The first-order chi connectivity index (χ1) is 7.95. The highest BCUT2D eigenvalue weighted by atomic mass is 35.5. The Balaban J connectivity index is 2.97. The van der Waals surface area contributed by atoms with E-state index in [1.165, 1.54) is 24.3 Å². The zero-order valence-electron chi connectivity index (χ0n) is 8.67. The molecule has 1 rings (SSSR count). The van der Waals surface area contributed by atoms with Gasteiger partial charge in [0.15, 0.2) is 6.10 Å². The lowest BCUT2D eigenvalue weighted by Gasteiger charge is -2.13. The number of carboxylic acid groups (broad SMARTS) is 1. The van der Waals surface area contributed by atoms with Crippen LogP contribution in [0.15, 0.2) is 18.2 Å². The van der Waals surface area contributed by atoms with Crippen LogP contribution in [-0.2, 0) is 11.2 Å². The summed E-state index contributed by atoms with van der Waals surface area (Å²) < 4.78 is 0. The average Bonchev–Trinajstić information content (AvgIpc) is 2.29. The van der Waals surface area contributed by atoms with Crippen molar-refractivity contribution in [1.29, 1.82) is 5.26 Å². The van der Waals surface area contributed by atoms with Crippen LogP contribution in [0.1, 0.15) is 17.2 Å². The molecule has 17 heavy (non-hydrogen) atoms. The van der Waals surface area contributed by atoms with Crippen molar-refractivity contribution >= 4 is 17.6 Å². The van der Waals surface area contributed by atoms with E-state index < -0.39 is 18.2 Å². The summed E-state index contributed by atoms with van der Waals surface area (Å²) in [6, 6.07) is 5.71. The number of aliphatic carboxylic acids is 1. The van der Waals surface area contributed by atoms with Crippen molar-refractivity contribution in [2.45, 2.75) is 18.6 Å². The zero-order valence-corrected chi connectivity index (χ0v) is 9.42. The van der Waals surface area contributed by atoms with Crippen molar-refractivity contribution in [3.63, 3.8) is 0 Å². The molecule has 0 bridgehead atoms. The number of nitriles is 1. The summed E-state index contributed by atoms with van der Waals surface area (Å²) >= 11 is 5.83. The fourth-order valence-electron chi connectivity index (χ4n) is 1.31. The van der Waals surface area contributed by atoms with E-state index in [0.29, 0.717) is 5.56 Å². The van der Waals surface area contributed by atoms with Crippen LogP contribution in [-0.4, -0.2) is 27.4 Å². The van der Waals surface area contributed by atoms with Crippen molar-refractivity contribution in [3.8, 4) is 6.07 Å². The van der Waals surface area contributed by atoms with E-state index in [1.807, 2.05) is 0 Å². The first-order valence-corrected chi connectivity index (χ1v) is 5.09. The third kappa shape index (κ3) is 3.43. The molecule has 0 saturated heterocycles. The Hall–Kier alpha value is -1.61. The van der Waals surface area contributed by atoms with E-state index in [1.54, 1.807) is 0 Å². The molecule has 1 aromatic carbocycles. The van der Waals surface area contributed by atoms with Gasteiger partial charge in [0.1, 0.15) is 6.10 Å². The fraction of sp³-hybridized carbons (Fsp3) is 0.273. The Morgan fingerprint density at radius 1 is 1.47 bits per heavy atom. The normalized spacial score (nSPS) is 13.8. The summed E-state index contributed by atoms with van der Waals surface area (Å²) in [6.07, 6.45) is -3.14. The van der Waals surface area contributed by atoms with Crippen LogP contribution in [0.5, 0.6) is 0 Å². The second-order valence-electron chi connectivity index (χ2n) is 3.44. The van der Waals surface area contributed by atoms with Gasteiger partial charge in [-0.2, -0.15) is 5.26 Å². The Labute approximate surface area is 102 Å². The predicted octanol–water partition coefficient (Wildman–Crippen LogP) is 0.885. The maximum Gasteiger partial charge on any atom is 0.307 e. The fourth-order valence-corrected chi connectivity index (χ4v) is 1.56. The van der Waals surface area contributed by atoms with Crippen LogP contribution >= 0.6 is 11.6 Å². The molecule has 0 aliphatic heterocycles. The van der Waals surface area contributed by atoms with Gasteiger partial charge in [0.05, 0.1) is 12.5 Å². The summed E-state index contributed by atoms with van der Waals surface area (Å²) in [4.78, 5) is 10.5. The van der Waals surface area contributed by atoms with Crippen molar-refractivity contribution in [3.05, 3.63) is 34.3 Å². The van der Waals surface area contributed by atoms with Gasteiger partial charge in [-0.05, 0) is 17.2 Å². The highest BCUT2D eigenvalue weighted by Gasteiger charge is 2.18. The van der Waals surface area contributed by atoms with Crippen LogP contribution in [0.25, 0.3) is 0 Å². The SMILES string of the molecule is N#CC(O)C(O)c1ccc(CC(=O)O)c(Cl)c1. The minimum Gasteiger partial charge on any atom is -0.481 e. The van der Waals surface area contributed by atoms with Gasteiger partial charge in [0.2, 0.25) is 0 Å². The van der Waals surface area contributed by atoms with E-state index in [4.69, 9.17) is 27.1 Å². The van der Waals surface area contributed by atoms with Crippen molar-refractivity contribution in [2.24, 2.45) is 0 Å². The molecule has 6 heteroatoms. The first kappa shape index (κ1) is 13.5. The predicted molar refractivity (Wildman–Crippen MR) is 59.4 cm³/mol. The molecule has 0 aliphatic rings. The number of aliphatic hydroxyl groups excluding tert-OH is 2. The molecular formula is C11H10ClNO4. The molecule has 5 nitrogen and oxygen atoms in total. The van der Waals surface area contributed by atoms with Crippen molar-refractivity contribution in [1.82, 2.24) is 0 Å². The Morgan fingerprint density at radius 3 is 2.59 bits per heavy atom. The maximum atomic E-state index is 10.5. The van der Waals surface area contributed by atoms with E-state index in [-0.39, 0.29) is 17.0 Å². The summed E-state index contributed by atoms with van der Waals surface area (Å²) in [5.74, 6) is -1.02. The Morgan fingerprint density at radius 2 is 2.12 bits per heavy atom. The van der Waals surface area contributed by atoms with Gasteiger partial charge in [-0.15, -0.1) is 0 Å². The average molecular weight is 256 g/mol. The van der Waals surface area contributed by atoms with Crippen LogP contribution < -0.4 is 0 Å². The highest BCUT2D eigenvalue weighted by molar-refractivity contribution is 6.31. The number of halogens is 1. The molecule has 0 amide bonds. The van der Waals surface area contributed by atoms with Crippen molar-refractivity contribution < 1.29 is 20.1 Å². The Kier molecular flexibility index (Phi) is 4.46. The second-order valence-corrected chi connectivity index (χ2v) is 3.85. The number of carboxylic acids is 1. The van der Waals surface area contributed by atoms with E-state index in [2.05, 4.69) is 0 Å². The van der Waals surface area contributed by atoms with Crippen LogP contribution in [0.3, 0.4) is 0 Å². The van der Waals surface area contributed by atoms with Crippen LogP contribution in [0.2, 0.25) is 5.02 Å². The molecule has 0 saturated carbocycles. The molecule has 2 unspecified atom stereocenters. The lowest BCUT2D eigenvalue weighted by molar-refractivity contribution is -0.136. The van der Waals surface area contributed by atoms with Gasteiger partial charge in [-0.1, -0.05) is 23.7 Å². The number of hydrogen-bond acceptors (Lipinski definition) is 4. The van der Waals surface area contributed by atoms with E-state index in [9.17, 15) is 9.90 Å². The van der Waals surface area contributed by atoms with Crippen LogP contribution in [0, 0.1) is 11.3 Å². The number of rotatable bonds is 4. The summed E-state index contributed by atoms with van der Waals surface area (Å²) in [5, 5.41) is 35.9. The quantitative estimate of drug-likeness (QED) is 0.694. The minimum atomic E-state index is -1.55. The third-order valence-corrected chi connectivity index (χ3v) is 2.54. The second kappa shape index (κ2) is 5.64. The summed E-state index contributed by atoms with van der Waals surface area (Å²) in [7, 11) is 0. The summed E-state index contributed by atoms with van der Waals surface area (Å²) in [5.41, 5.74) is 0.666. The largest absolute Gasteiger partial charge is 0.481 e. The zero-order chi connectivity index (χ0) is 13.0. The molecule has 0 radical (unpaired) electrons. The molecule has 90 valence electrons. The van der Waals surface area contributed by atoms with Gasteiger partial charge in [-0.25, -0.2) is 0 Å². The molecular weight excluding hydrogens is 246 g/mol. The smallest absolute Gasteiger partial charge is 0.307 e. The van der Waals surface area contributed by atoms with Crippen LogP contribution in [0.4, 0.5) is 0 Å². The van der Waals surface area contributed by atoms with E-state index in [0.717, 1.165) is 0 Å². The topological polar surface area (TPSA) is 102 Å². The number of nitrogens with zero attached hydrogens (tertiary/aromatic N) is 1. The minimum absolute atomic E-state index is 0.175. The Bertz CT molecular complexity index is 469. The number of carbonyl (C=O) groups is 1. The number of benzene rings is 1. The maximum absolute atomic E-state index is 10.5. The molecule has 2 atom stereocenters. The van der Waals surface area contributed by atoms with Crippen molar-refractivity contribution in [2.75, 3.05) is 0 Å². The molecule has 0 aliphatic carbocycles. The number of hydrogen-bond donors (Lipinski definition) is 3. The van der Waals surface area contributed by atoms with Gasteiger partial charge in [-0.3, -0.25) is 4.79 Å². The highest BCUT2D eigenvalue weighted by Crippen LogP contribution is 2.24. The lowest BCUT2D eigenvalue weighted by atomic mass is 10.0. The molecule has 0 fully saturated rings. The summed E-state index contributed by atoms with van der Waals surface area (Å²) in [6.45, 7) is 0. The molecule has 0 spiro atoms. The third-order valence-electron chi connectivity index (χ3n) is 2.19. The monoisotopic (exact) mass is 255 g/mol. The lowest BCUT2D eigenvalue weighted by Crippen LogP contribution is -2.15. The van der Waals surface area contributed by atoms with Gasteiger partial charge in [0.25, 0.3) is 0 Å².